The fraction of sp³-hybridized carbons (Fsp3) is 0.588. The molecule has 0 saturated carbocycles. The Hall–Kier alpha value is -1.95. The lowest BCUT2D eigenvalue weighted by atomic mass is 10.1. The minimum atomic E-state index is 0.287. The van der Waals surface area contributed by atoms with Gasteiger partial charge < -0.3 is 24.4 Å². The first kappa shape index (κ1) is 17.4. The Labute approximate surface area is 137 Å². The van der Waals surface area contributed by atoms with Crippen LogP contribution in [-0.2, 0) is 11.3 Å². The summed E-state index contributed by atoms with van der Waals surface area (Å²) in [6.07, 6.45) is 2.66. The van der Waals surface area contributed by atoms with E-state index in [4.69, 9.17) is 14.2 Å². The lowest BCUT2D eigenvalue weighted by Crippen LogP contribution is -2.28. The average Bonchev–Trinajstić information content (AvgIpc) is 2.98. The van der Waals surface area contributed by atoms with Crippen LogP contribution in [0.4, 0.5) is 0 Å². The zero-order chi connectivity index (χ0) is 16.7. The van der Waals surface area contributed by atoms with Gasteiger partial charge in [0.15, 0.2) is 11.5 Å². The highest BCUT2D eigenvalue weighted by Crippen LogP contribution is 2.38. The van der Waals surface area contributed by atoms with E-state index in [1.165, 1.54) is 0 Å². The van der Waals surface area contributed by atoms with Gasteiger partial charge in [0.05, 0.1) is 21.3 Å². The van der Waals surface area contributed by atoms with E-state index >= 15 is 0 Å². The molecule has 1 saturated heterocycles. The third-order valence-corrected chi connectivity index (χ3v) is 4.01. The van der Waals surface area contributed by atoms with Crippen molar-refractivity contribution in [3.05, 3.63) is 17.7 Å². The number of methoxy groups -OCH3 is 3. The highest BCUT2D eigenvalue weighted by atomic mass is 16.5. The first-order valence-electron chi connectivity index (χ1n) is 7.97. The molecule has 1 heterocycles. The number of nitrogens with one attached hydrogen (secondary N) is 1. The molecule has 1 aliphatic rings. The molecular formula is C17H26N2O4. The van der Waals surface area contributed by atoms with Crippen molar-refractivity contribution in [2.75, 3.05) is 41.0 Å². The number of hydrogen-bond acceptors (Lipinski definition) is 5. The Morgan fingerprint density at radius 2 is 1.83 bits per heavy atom. The van der Waals surface area contributed by atoms with Gasteiger partial charge in [0, 0.05) is 26.1 Å². The van der Waals surface area contributed by atoms with E-state index in [-0.39, 0.29) is 5.91 Å². The van der Waals surface area contributed by atoms with Crippen LogP contribution < -0.4 is 19.5 Å². The van der Waals surface area contributed by atoms with Crippen LogP contribution in [0.1, 0.15) is 24.8 Å². The van der Waals surface area contributed by atoms with Gasteiger partial charge in [-0.2, -0.15) is 0 Å². The van der Waals surface area contributed by atoms with Gasteiger partial charge in [-0.05, 0) is 37.1 Å². The number of likely N-dealkylation sites (tertiary alicyclic amines) is 1. The Kier molecular flexibility index (Phi) is 6.52. The molecule has 6 nitrogen and oxygen atoms in total. The van der Waals surface area contributed by atoms with Gasteiger partial charge in [0.25, 0.3) is 0 Å². The minimum absolute atomic E-state index is 0.287. The van der Waals surface area contributed by atoms with Gasteiger partial charge in [-0.25, -0.2) is 0 Å². The second kappa shape index (κ2) is 8.62. The van der Waals surface area contributed by atoms with Crippen LogP contribution in [0.5, 0.6) is 17.2 Å². The molecule has 0 spiro atoms. The van der Waals surface area contributed by atoms with Crippen LogP contribution in [0, 0.1) is 0 Å². The van der Waals surface area contributed by atoms with Crippen LogP contribution in [-0.4, -0.2) is 51.8 Å². The van der Waals surface area contributed by atoms with Crippen molar-refractivity contribution in [1.82, 2.24) is 10.2 Å². The molecule has 0 unspecified atom stereocenters. The molecule has 6 heteroatoms. The van der Waals surface area contributed by atoms with E-state index in [1.807, 2.05) is 17.0 Å². The molecule has 1 amide bonds. The van der Waals surface area contributed by atoms with Crippen molar-refractivity contribution in [3.8, 4) is 17.2 Å². The van der Waals surface area contributed by atoms with Gasteiger partial charge in [-0.15, -0.1) is 0 Å². The smallest absolute Gasteiger partial charge is 0.222 e. The summed E-state index contributed by atoms with van der Waals surface area (Å²) < 4.78 is 16.0. The number of benzene rings is 1. The van der Waals surface area contributed by atoms with Crippen molar-refractivity contribution in [2.45, 2.75) is 25.8 Å². The quantitative estimate of drug-likeness (QED) is 0.703. The maximum atomic E-state index is 11.5. The molecule has 128 valence electrons. The van der Waals surface area contributed by atoms with Gasteiger partial charge in [0.2, 0.25) is 11.7 Å². The van der Waals surface area contributed by atoms with Gasteiger partial charge >= 0.3 is 0 Å². The molecule has 1 fully saturated rings. The number of rotatable bonds is 9. The Balaban J connectivity index is 1.82. The number of ether oxygens (including phenoxy) is 3. The first-order chi connectivity index (χ1) is 11.2. The summed E-state index contributed by atoms with van der Waals surface area (Å²) >= 11 is 0. The second-order valence-electron chi connectivity index (χ2n) is 5.55. The number of carbonyl (C=O) groups excluding carboxylic acids is 1. The Bertz CT molecular complexity index is 508. The standard InChI is InChI=1S/C17H26N2O4/c1-21-14-10-13(11-15(22-2)17(14)23-3)12-18-7-5-9-19-8-4-6-16(19)20/h10-11,18H,4-9,12H2,1-3H3. The van der Waals surface area contributed by atoms with E-state index in [2.05, 4.69) is 5.32 Å². The van der Waals surface area contributed by atoms with E-state index < -0.39 is 0 Å². The average molecular weight is 322 g/mol. The second-order valence-corrected chi connectivity index (χ2v) is 5.55. The van der Waals surface area contributed by atoms with Gasteiger partial charge in [0.1, 0.15) is 0 Å². The molecule has 0 radical (unpaired) electrons. The number of amides is 1. The number of hydrogen-bond donors (Lipinski definition) is 1. The normalized spacial score (nSPS) is 14.2. The van der Waals surface area contributed by atoms with Crippen molar-refractivity contribution < 1.29 is 19.0 Å². The van der Waals surface area contributed by atoms with Gasteiger partial charge in [-0.3, -0.25) is 4.79 Å². The summed E-state index contributed by atoms with van der Waals surface area (Å²) in [5.74, 6) is 2.21. The zero-order valence-electron chi connectivity index (χ0n) is 14.2. The van der Waals surface area contributed by atoms with Crippen LogP contribution >= 0.6 is 0 Å². The lowest BCUT2D eigenvalue weighted by Gasteiger charge is -2.16. The Morgan fingerprint density at radius 1 is 1.13 bits per heavy atom. The molecule has 2 rings (SSSR count). The molecule has 0 aromatic heterocycles. The largest absolute Gasteiger partial charge is 0.493 e. The molecule has 0 atom stereocenters. The lowest BCUT2D eigenvalue weighted by molar-refractivity contribution is -0.127. The van der Waals surface area contributed by atoms with E-state index in [0.717, 1.165) is 38.0 Å². The minimum Gasteiger partial charge on any atom is -0.493 e. The predicted molar refractivity (Wildman–Crippen MR) is 88.2 cm³/mol. The molecule has 1 N–H and O–H groups in total. The highest BCUT2D eigenvalue weighted by Gasteiger charge is 2.19. The van der Waals surface area contributed by atoms with E-state index in [1.54, 1.807) is 21.3 Å². The van der Waals surface area contributed by atoms with Gasteiger partial charge in [-0.1, -0.05) is 0 Å². The molecule has 0 aliphatic carbocycles. The van der Waals surface area contributed by atoms with Crippen molar-refractivity contribution in [1.29, 1.82) is 0 Å². The van der Waals surface area contributed by atoms with E-state index in [0.29, 0.717) is 30.2 Å². The summed E-state index contributed by atoms with van der Waals surface area (Å²) in [5.41, 5.74) is 1.07. The molecule has 0 bridgehead atoms. The summed E-state index contributed by atoms with van der Waals surface area (Å²) in [7, 11) is 4.82. The third-order valence-electron chi connectivity index (χ3n) is 4.01. The summed E-state index contributed by atoms with van der Waals surface area (Å²) in [4.78, 5) is 13.5. The fourth-order valence-electron chi connectivity index (χ4n) is 2.81. The summed E-state index contributed by atoms with van der Waals surface area (Å²) in [5, 5.41) is 3.39. The predicted octanol–water partition coefficient (Wildman–Crippen LogP) is 1.81. The highest BCUT2D eigenvalue weighted by molar-refractivity contribution is 5.77. The fourth-order valence-corrected chi connectivity index (χ4v) is 2.81. The molecule has 1 aromatic rings. The first-order valence-corrected chi connectivity index (χ1v) is 7.97. The SMILES string of the molecule is COc1cc(CNCCCN2CCCC2=O)cc(OC)c1OC. The van der Waals surface area contributed by atoms with Crippen LogP contribution in [0.2, 0.25) is 0 Å². The van der Waals surface area contributed by atoms with Crippen molar-refractivity contribution in [2.24, 2.45) is 0 Å². The Morgan fingerprint density at radius 3 is 2.35 bits per heavy atom. The number of carbonyl (C=O) groups is 1. The number of nitrogens with zero attached hydrogens (tertiary/aromatic N) is 1. The van der Waals surface area contributed by atoms with Crippen LogP contribution in [0.25, 0.3) is 0 Å². The summed E-state index contributed by atoms with van der Waals surface area (Å²) in [6, 6.07) is 3.89. The molecule has 1 aromatic carbocycles. The molecule has 23 heavy (non-hydrogen) atoms. The van der Waals surface area contributed by atoms with Crippen molar-refractivity contribution in [3.63, 3.8) is 0 Å². The molecular weight excluding hydrogens is 296 g/mol. The maximum Gasteiger partial charge on any atom is 0.222 e. The van der Waals surface area contributed by atoms with Crippen LogP contribution in [0.3, 0.4) is 0 Å². The third kappa shape index (κ3) is 4.51. The monoisotopic (exact) mass is 322 g/mol. The van der Waals surface area contributed by atoms with E-state index in [9.17, 15) is 4.79 Å². The zero-order valence-corrected chi connectivity index (χ0v) is 14.2. The van der Waals surface area contributed by atoms with Crippen molar-refractivity contribution >= 4 is 5.91 Å². The summed E-state index contributed by atoms with van der Waals surface area (Å²) in [6.45, 7) is 3.32. The van der Waals surface area contributed by atoms with Crippen LogP contribution in [0.15, 0.2) is 12.1 Å². The topological polar surface area (TPSA) is 60.0 Å². The molecule has 1 aliphatic heterocycles. The maximum absolute atomic E-state index is 11.5.